The molecule has 2 aromatic rings. The van der Waals surface area contributed by atoms with Crippen LogP contribution in [0.5, 0.6) is 0 Å². The highest BCUT2D eigenvalue weighted by Gasteiger charge is 2.37. The van der Waals surface area contributed by atoms with Gasteiger partial charge < -0.3 is 20.3 Å². The summed E-state index contributed by atoms with van der Waals surface area (Å²) >= 11 is 3.27. The molecule has 0 saturated carbocycles. The molecule has 0 aromatic carbocycles. The molecule has 2 aliphatic heterocycles. The molecule has 2 N–H and O–H groups in total. The summed E-state index contributed by atoms with van der Waals surface area (Å²) in [5.41, 5.74) is 1.13. The molecule has 23 heavy (non-hydrogen) atoms. The zero-order valence-electron chi connectivity index (χ0n) is 12.4. The van der Waals surface area contributed by atoms with Gasteiger partial charge in [-0.2, -0.15) is 0 Å². The van der Waals surface area contributed by atoms with Crippen LogP contribution in [0.4, 0.5) is 11.5 Å². The lowest BCUT2D eigenvalue weighted by atomic mass is 10.3. The number of nitrogens with zero attached hydrogens (tertiary/aromatic N) is 3. The fourth-order valence-corrected chi connectivity index (χ4v) is 4.33. The summed E-state index contributed by atoms with van der Waals surface area (Å²) in [6, 6.07) is 4.12. The first-order valence-electron chi connectivity index (χ1n) is 7.43. The molecule has 0 spiro atoms. The number of thiazole rings is 1. The molecule has 2 aliphatic rings. The van der Waals surface area contributed by atoms with Gasteiger partial charge in [-0.05, 0) is 17.5 Å². The van der Waals surface area contributed by atoms with Crippen LogP contribution in [0.1, 0.15) is 5.01 Å². The molecule has 0 bridgehead atoms. The van der Waals surface area contributed by atoms with E-state index in [2.05, 4.69) is 31.6 Å². The number of nitrogens with one attached hydrogen (secondary N) is 2. The molecule has 0 aliphatic carbocycles. The first kappa shape index (κ1) is 14.8. The third kappa shape index (κ3) is 3.01. The second-order valence-corrected chi connectivity index (χ2v) is 7.22. The second kappa shape index (κ2) is 6.38. The number of anilines is 2. The van der Waals surface area contributed by atoms with Crippen LogP contribution < -0.4 is 15.5 Å². The molecule has 4 rings (SSSR count). The number of pyridine rings is 1. The summed E-state index contributed by atoms with van der Waals surface area (Å²) < 4.78 is 5.39. The van der Waals surface area contributed by atoms with Gasteiger partial charge in [0.1, 0.15) is 10.8 Å². The van der Waals surface area contributed by atoms with Crippen LogP contribution in [-0.4, -0.2) is 36.3 Å². The average molecular weight is 347 g/mol. The van der Waals surface area contributed by atoms with Crippen LogP contribution in [0.15, 0.2) is 41.5 Å². The second-order valence-electron chi connectivity index (χ2n) is 5.21. The van der Waals surface area contributed by atoms with Crippen LogP contribution in [0.3, 0.4) is 0 Å². The average Bonchev–Trinajstić information content (AvgIpc) is 3.29. The van der Waals surface area contributed by atoms with E-state index in [9.17, 15) is 0 Å². The maximum atomic E-state index is 5.39. The zero-order chi connectivity index (χ0) is 15.5. The van der Waals surface area contributed by atoms with Crippen molar-refractivity contribution < 1.29 is 4.74 Å². The summed E-state index contributed by atoms with van der Waals surface area (Å²) in [5, 5.41) is 11.8. The van der Waals surface area contributed by atoms with Crippen molar-refractivity contribution in [3.8, 4) is 0 Å². The van der Waals surface area contributed by atoms with E-state index in [4.69, 9.17) is 4.74 Å². The lowest BCUT2D eigenvalue weighted by molar-refractivity contribution is 0.122. The Morgan fingerprint density at radius 3 is 2.83 bits per heavy atom. The largest absolute Gasteiger partial charge is 0.378 e. The highest BCUT2D eigenvalue weighted by molar-refractivity contribution is 8.03. The molecule has 0 amide bonds. The molecule has 1 unspecified atom stereocenters. The Morgan fingerprint density at radius 1 is 1.26 bits per heavy atom. The number of rotatable bonds is 4. The molecule has 1 fully saturated rings. The van der Waals surface area contributed by atoms with E-state index in [0.717, 1.165) is 42.8 Å². The van der Waals surface area contributed by atoms with E-state index < -0.39 is 4.99 Å². The molecule has 1 saturated heterocycles. The van der Waals surface area contributed by atoms with E-state index >= 15 is 0 Å². The van der Waals surface area contributed by atoms with Gasteiger partial charge in [-0.3, -0.25) is 0 Å². The molecule has 6 nitrogen and oxygen atoms in total. The number of hydrogen-bond acceptors (Lipinski definition) is 8. The highest BCUT2D eigenvalue weighted by atomic mass is 32.2. The topological polar surface area (TPSA) is 62.3 Å². The Labute approximate surface area is 143 Å². The molecular weight excluding hydrogens is 330 g/mol. The van der Waals surface area contributed by atoms with Crippen LogP contribution >= 0.6 is 23.1 Å². The predicted octanol–water partition coefficient (Wildman–Crippen LogP) is 2.40. The Kier molecular flexibility index (Phi) is 4.11. The summed E-state index contributed by atoms with van der Waals surface area (Å²) in [6.45, 7) is 3.39. The predicted molar refractivity (Wildman–Crippen MR) is 94.6 cm³/mol. The number of hydrogen-bond donors (Lipinski definition) is 2. The number of aromatic nitrogens is 2. The van der Waals surface area contributed by atoms with E-state index in [1.807, 2.05) is 35.4 Å². The lowest BCUT2D eigenvalue weighted by Gasteiger charge is -2.30. The highest BCUT2D eigenvalue weighted by Crippen LogP contribution is 2.39. The smallest absolute Gasteiger partial charge is 0.215 e. The third-order valence-electron chi connectivity index (χ3n) is 3.76. The number of thioether (sulfide) groups is 1. The van der Waals surface area contributed by atoms with Crippen LogP contribution in [-0.2, 0) is 9.73 Å². The van der Waals surface area contributed by atoms with Crippen molar-refractivity contribution in [2.75, 3.05) is 36.5 Å². The SMILES string of the molecule is C1=CSC(Nc2ccc(N3CCOCC3)cn2)(c2nccs2)N1. The van der Waals surface area contributed by atoms with Gasteiger partial charge in [0.15, 0.2) is 0 Å². The first-order chi connectivity index (χ1) is 11.4. The maximum Gasteiger partial charge on any atom is 0.215 e. The van der Waals surface area contributed by atoms with Gasteiger partial charge in [-0.25, -0.2) is 9.97 Å². The van der Waals surface area contributed by atoms with Crippen molar-refractivity contribution in [1.82, 2.24) is 15.3 Å². The third-order valence-corrected chi connectivity index (χ3v) is 5.82. The Bertz CT molecular complexity index is 660. The van der Waals surface area contributed by atoms with Crippen molar-refractivity contribution in [2.24, 2.45) is 0 Å². The number of morpholine rings is 1. The summed E-state index contributed by atoms with van der Waals surface area (Å²) in [7, 11) is 0. The summed E-state index contributed by atoms with van der Waals surface area (Å²) in [4.78, 5) is 10.8. The fraction of sp³-hybridized carbons (Fsp3) is 0.333. The molecule has 120 valence electrons. The summed E-state index contributed by atoms with van der Waals surface area (Å²) in [5.74, 6) is 0.820. The van der Waals surface area contributed by atoms with Crippen molar-refractivity contribution in [2.45, 2.75) is 4.99 Å². The van der Waals surface area contributed by atoms with Gasteiger partial charge in [-0.1, -0.05) is 11.8 Å². The van der Waals surface area contributed by atoms with Crippen LogP contribution in [0.25, 0.3) is 0 Å². The van der Waals surface area contributed by atoms with Crippen molar-refractivity contribution in [3.05, 3.63) is 46.5 Å². The van der Waals surface area contributed by atoms with E-state index in [-0.39, 0.29) is 0 Å². The normalized spacial score (nSPS) is 23.7. The molecule has 1 atom stereocenters. The van der Waals surface area contributed by atoms with Gasteiger partial charge in [0.2, 0.25) is 4.99 Å². The van der Waals surface area contributed by atoms with Gasteiger partial charge in [-0.15, -0.1) is 11.3 Å². The molecule has 2 aromatic heterocycles. The number of ether oxygens (including phenoxy) is 1. The van der Waals surface area contributed by atoms with Crippen LogP contribution in [0, 0.1) is 0 Å². The minimum atomic E-state index is -0.471. The first-order valence-corrected chi connectivity index (χ1v) is 9.19. The molecule has 8 heteroatoms. The van der Waals surface area contributed by atoms with Crippen molar-refractivity contribution in [1.29, 1.82) is 0 Å². The monoisotopic (exact) mass is 347 g/mol. The van der Waals surface area contributed by atoms with E-state index in [1.54, 1.807) is 23.1 Å². The molecular formula is C15H17N5OS2. The zero-order valence-corrected chi connectivity index (χ0v) is 14.1. The quantitative estimate of drug-likeness (QED) is 0.880. The van der Waals surface area contributed by atoms with Crippen molar-refractivity contribution in [3.63, 3.8) is 0 Å². The van der Waals surface area contributed by atoms with Crippen molar-refractivity contribution >= 4 is 34.6 Å². The minimum absolute atomic E-state index is 0.471. The van der Waals surface area contributed by atoms with E-state index in [1.165, 1.54) is 0 Å². The fourth-order valence-electron chi connectivity index (χ4n) is 2.60. The van der Waals surface area contributed by atoms with Gasteiger partial charge in [0.25, 0.3) is 0 Å². The van der Waals surface area contributed by atoms with Crippen LogP contribution in [0.2, 0.25) is 0 Å². The molecule has 4 heterocycles. The maximum absolute atomic E-state index is 5.39. The Balaban J connectivity index is 1.51. The Morgan fingerprint density at radius 2 is 2.17 bits per heavy atom. The van der Waals surface area contributed by atoms with Gasteiger partial charge in [0, 0.05) is 30.9 Å². The van der Waals surface area contributed by atoms with E-state index in [0.29, 0.717) is 0 Å². The van der Waals surface area contributed by atoms with Gasteiger partial charge >= 0.3 is 0 Å². The standard InChI is InChI=1S/C15H17N5OS2/c1-2-13(17-11-12(1)20-5-7-21-8-6-20)19-15(18-4-10-23-15)14-16-3-9-22-14/h1-4,9-11,18H,5-8H2,(H,17,19). The summed E-state index contributed by atoms with van der Waals surface area (Å²) in [6.07, 6.45) is 5.66. The van der Waals surface area contributed by atoms with Gasteiger partial charge in [0.05, 0.1) is 25.1 Å². The lowest BCUT2D eigenvalue weighted by Crippen LogP contribution is -2.41. The molecule has 0 radical (unpaired) electrons. The Hall–Kier alpha value is -1.77. The minimum Gasteiger partial charge on any atom is -0.378 e.